The summed E-state index contributed by atoms with van der Waals surface area (Å²) in [6.07, 6.45) is -0.444. The minimum absolute atomic E-state index is 0. The van der Waals surface area contributed by atoms with E-state index in [1.165, 1.54) is 6.92 Å². The van der Waals surface area contributed by atoms with Crippen LogP contribution in [0.2, 0.25) is 0 Å². The molecule has 0 rings (SSSR count). The third kappa shape index (κ3) is 5.75. The summed E-state index contributed by atoms with van der Waals surface area (Å²) in [6, 6.07) is 0. The Morgan fingerprint density at radius 1 is 1.58 bits per heavy atom. The van der Waals surface area contributed by atoms with Gasteiger partial charge in [0.1, 0.15) is 0 Å². The number of carboxylic acid groups (broad SMARTS) is 1. The van der Waals surface area contributed by atoms with Crippen molar-refractivity contribution in [2.45, 2.75) is 25.0 Å². The Bertz CT molecular complexity index is 243. The zero-order valence-electron chi connectivity index (χ0n) is 8.73. The molecular formula is C5H12MgO5S. The van der Waals surface area contributed by atoms with Crippen LogP contribution >= 0.6 is 0 Å². The molecule has 1 unspecified atom stereocenters. The van der Waals surface area contributed by atoms with E-state index in [0.717, 1.165) is 0 Å². The third-order valence-electron chi connectivity index (χ3n) is 1.28. The van der Waals surface area contributed by atoms with Gasteiger partial charge in [0, 0.05) is 0 Å². The van der Waals surface area contributed by atoms with Gasteiger partial charge in [-0.05, 0) is 6.42 Å². The summed E-state index contributed by atoms with van der Waals surface area (Å²) in [4.78, 5) is 10.0. The molecule has 0 aromatic heterocycles. The Balaban J connectivity index is -0.000000167. The molecule has 0 aliphatic heterocycles. The van der Waals surface area contributed by atoms with E-state index in [1.54, 1.807) is 0 Å². The Morgan fingerprint density at radius 3 is 2.08 bits per heavy atom. The van der Waals surface area contributed by atoms with E-state index in [0.29, 0.717) is 0 Å². The fourth-order valence-corrected chi connectivity index (χ4v) is 1.43. The van der Waals surface area contributed by atoms with Crippen molar-refractivity contribution in [2.75, 3.05) is 0 Å². The van der Waals surface area contributed by atoms with Gasteiger partial charge in [0.2, 0.25) is 0 Å². The summed E-state index contributed by atoms with van der Waals surface area (Å²) >= 11 is 0. The minimum atomic E-state index is -4.19. The van der Waals surface area contributed by atoms with Crippen molar-refractivity contribution in [3.05, 3.63) is 0 Å². The summed E-state index contributed by atoms with van der Waals surface area (Å²) in [7, 11) is -4.19. The van der Waals surface area contributed by atoms with E-state index in [4.69, 9.17) is 9.66 Å². The zero-order chi connectivity index (χ0) is 9.07. The Kier molecular flexibility index (Phi) is 7.00. The zero-order valence-corrected chi connectivity index (χ0v) is 8.96. The molecule has 0 aliphatic carbocycles. The van der Waals surface area contributed by atoms with Crippen LogP contribution in [0.5, 0.6) is 0 Å². The van der Waals surface area contributed by atoms with Gasteiger partial charge in [-0.1, -0.05) is 6.92 Å². The van der Waals surface area contributed by atoms with E-state index in [1.807, 2.05) is 0 Å². The fraction of sp³-hybridized carbons (Fsp3) is 0.800. The summed E-state index contributed by atoms with van der Waals surface area (Å²) in [5.41, 5.74) is 0. The van der Waals surface area contributed by atoms with Crippen molar-refractivity contribution in [3.8, 4) is 0 Å². The van der Waals surface area contributed by atoms with Gasteiger partial charge < -0.3 is 7.96 Å². The molecule has 0 heterocycles. The van der Waals surface area contributed by atoms with Crippen LogP contribution in [0, 0.1) is 0 Å². The summed E-state index contributed by atoms with van der Waals surface area (Å²) in [6.45, 7) is 1.50. The number of carbonyl (C=O) groups is 1. The third-order valence-corrected chi connectivity index (χ3v) is 2.62. The van der Waals surface area contributed by atoms with Crippen molar-refractivity contribution in [1.82, 2.24) is 0 Å². The molecule has 12 heavy (non-hydrogen) atoms. The van der Waals surface area contributed by atoms with Crippen LogP contribution in [0.25, 0.3) is 0 Å². The number of aliphatic carboxylic acids is 1. The van der Waals surface area contributed by atoms with E-state index < -0.39 is 27.8 Å². The molecule has 0 aromatic rings. The van der Waals surface area contributed by atoms with Crippen molar-refractivity contribution in [1.29, 1.82) is 0 Å². The number of hydrogen-bond donors (Lipinski definition) is 2. The summed E-state index contributed by atoms with van der Waals surface area (Å²) in [5, 5.41) is 7.02. The molecule has 5 nitrogen and oxygen atoms in total. The van der Waals surface area contributed by atoms with Crippen LogP contribution in [0.4, 0.5) is 0 Å². The smallest absolute Gasteiger partial charge is 1.00 e. The predicted molar refractivity (Wildman–Crippen MR) is 45.9 cm³/mol. The molecular weight excluding hydrogens is 196 g/mol. The Hall–Kier alpha value is 0.146. The maximum atomic E-state index is 10.4. The second-order valence-corrected chi connectivity index (χ2v) is 3.84. The van der Waals surface area contributed by atoms with Crippen molar-refractivity contribution in [2.24, 2.45) is 0 Å². The van der Waals surface area contributed by atoms with E-state index in [9.17, 15) is 13.2 Å². The predicted octanol–water partition coefficient (Wildman–Crippen LogP) is -0.0283. The summed E-state index contributed by atoms with van der Waals surface area (Å²) in [5.74, 6) is -1.23. The second-order valence-electron chi connectivity index (χ2n) is 2.14. The Labute approximate surface area is 90.0 Å². The van der Waals surface area contributed by atoms with Gasteiger partial charge >= 0.3 is 29.0 Å². The first kappa shape index (κ1) is 14.7. The van der Waals surface area contributed by atoms with Gasteiger partial charge in [0.25, 0.3) is 10.1 Å². The number of carboxylic acids is 1. The molecule has 0 bridgehead atoms. The molecule has 2 N–H and O–H groups in total. The first-order chi connectivity index (χ1) is 4.88. The van der Waals surface area contributed by atoms with Gasteiger partial charge in [-0.2, -0.15) is 8.42 Å². The monoisotopic (exact) mass is 208 g/mol. The molecule has 0 aromatic carbocycles. The average molecular weight is 209 g/mol. The molecule has 0 saturated carbocycles. The van der Waals surface area contributed by atoms with Crippen molar-refractivity contribution < 1.29 is 25.7 Å². The molecule has 0 radical (unpaired) electrons. The first-order valence-corrected chi connectivity index (χ1v) is 4.56. The van der Waals surface area contributed by atoms with Gasteiger partial charge in [-0.15, -0.1) is 0 Å². The topological polar surface area (TPSA) is 91.7 Å². The molecule has 1 atom stereocenters. The SMILES string of the molecule is CCC(CC(=O)O)S(=O)(=O)O.[H-].[H-].[Mg+2]. The van der Waals surface area contributed by atoms with Gasteiger partial charge in [0.05, 0.1) is 11.7 Å². The molecule has 0 spiro atoms. The maximum Gasteiger partial charge on any atom is 2.00 e. The Morgan fingerprint density at radius 2 is 2.00 bits per heavy atom. The summed E-state index contributed by atoms with van der Waals surface area (Å²) < 4.78 is 29.2. The average Bonchev–Trinajstić information content (AvgIpc) is 1.79. The van der Waals surface area contributed by atoms with E-state index in [2.05, 4.69) is 0 Å². The largest absolute Gasteiger partial charge is 2.00 e. The standard InChI is InChI=1S/C5H10O5S.Mg.2H/c1-2-4(3-5(6)7)11(8,9)10;;;/h4H,2-3H2,1H3,(H,6,7)(H,8,9,10);;;/q;+2;2*-1. The molecule has 7 heteroatoms. The molecule has 0 saturated heterocycles. The fourth-order valence-electron chi connectivity index (χ4n) is 0.655. The first-order valence-electron chi connectivity index (χ1n) is 3.06. The second kappa shape index (κ2) is 5.73. The van der Waals surface area contributed by atoms with Crippen LogP contribution in [-0.2, 0) is 14.9 Å². The molecule has 70 valence electrons. The van der Waals surface area contributed by atoms with Gasteiger partial charge in [-0.25, -0.2) is 0 Å². The quantitative estimate of drug-likeness (QED) is 0.500. The molecule has 0 fully saturated rings. The molecule has 0 amide bonds. The maximum absolute atomic E-state index is 10.4. The molecule has 0 aliphatic rings. The van der Waals surface area contributed by atoms with E-state index in [-0.39, 0.29) is 32.3 Å². The van der Waals surface area contributed by atoms with E-state index >= 15 is 0 Å². The van der Waals surface area contributed by atoms with Crippen LogP contribution in [0.15, 0.2) is 0 Å². The minimum Gasteiger partial charge on any atom is -1.00 e. The normalized spacial score (nSPS) is 13.2. The van der Waals surface area contributed by atoms with Crippen LogP contribution < -0.4 is 0 Å². The van der Waals surface area contributed by atoms with Crippen LogP contribution in [0.1, 0.15) is 22.6 Å². The van der Waals surface area contributed by atoms with Crippen LogP contribution in [-0.4, -0.2) is 52.3 Å². The number of rotatable bonds is 4. The van der Waals surface area contributed by atoms with Gasteiger partial charge in [0.15, 0.2) is 0 Å². The van der Waals surface area contributed by atoms with Crippen LogP contribution in [0.3, 0.4) is 0 Å². The van der Waals surface area contributed by atoms with Crippen molar-refractivity contribution in [3.63, 3.8) is 0 Å². The number of hydrogen-bond acceptors (Lipinski definition) is 3. The van der Waals surface area contributed by atoms with Gasteiger partial charge in [-0.3, -0.25) is 9.35 Å². The van der Waals surface area contributed by atoms with Crippen molar-refractivity contribution >= 4 is 39.1 Å².